The predicted molar refractivity (Wildman–Crippen MR) is 77.7 cm³/mol. The molecule has 0 unspecified atom stereocenters. The van der Waals surface area contributed by atoms with Gasteiger partial charge in [0.15, 0.2) is 0 Å². The highest BCUT2D eigenvalue weighted by Gasteiger charge is 2.31. The van der Waals surface area contributed by atoms with Crippen LogP contribution in [-0.2, 0) is 6.54 Å². The van der Waals surface area contributed by atoms with Gasteiger partial charge in [-0.05, 0) is 49.3 Å². The fourth-order valence-corrected chi connectivity index (χ4v) is 2.73. The van der Waals surface area contributed by atoms with Gasteiger partial charge in [0.25, 0.3) is 0 Å². The second kappa shape index (κ2) is 6.37. The largest absolute Gasteiger partial charge is 0.478 e. The van der Waals surface area contributed by atoms with E-state index >= 15 is 0 Å². The Morgan fingerprint density at radius 1 is 1.40 bits per heavy atom. The van der Waals surface area contributed by atoms with Crippen molar-refractivity contribution < 1.29 is 15.0 Å². The average molecular weight is 277 g/mol. The fourth-order valence-electron chi connectivity index (χ4n) is 2.73. The molecule has 0 amide bonds. The Balaban J connectivity index is 1.83. The quantitative estimate of drug-likeness (QED) is 0.773. The maximum Gasteiger partial charge on any atom is 0.335 e. The van der Waals surface area contributed by atoms with Gasteiger partial charge in [-0.2, -0.15) is 0 Å². The summed E-state index contributed by atoms with van der Waals surface area (Å²) in [6, 6.07) is 6.90. The van der Waals surface area contributed by atoms with Crippen LogP contribution in [0.5, 0.6) is 0 Å². The first-order chi connectivity index (χ1) is 9.48. The summed E-state index contributed by atoms with van der Waals surface area (Å²) in [6.07, 6.45) is 3.84. The zero-order valence-corrected chi connectivity index (χ0v) is 11.9. The summed E-state index contributed by atoms with van der Waals surface area (Å²) in [4.78, 5) is 10.9. The summed E-state index contributed by atoms with van der Waals surface area (Å²) >= 11 is 0. The number of hydrogen-bond donors (Lipinski definition) is 3. The monoisotopic (exact) mass is 277 g/mol. The Kier molecular flexibility index (Phi) is 4.78. The molecule has 1 aliphatic rings. The van der Waals surface area contributed by atoms with Crippen LogP contribution in [0.3, 0.4) is 0 Å². The molecule has 0 atom stereocenters. The number of rotatable bonds is 5. The molecule has 0 aromatic heterocycles. The topological polar surface area (TPSA) is 69.6 Å². The van der Waals surface area contributed by atoms with Crippen molar-refractivity contribution in [3.63, 3.8) is 0 Å². The van der Waals surface area contributed by atoms with Gasteiger partial charge in [0.2, 0.25) is 0 Å². The van der Waals surface area contributed by atoms with E-state index in [1.165, 1.54) is 0 Å². The van der Waals surface area contributed by atoms with Gasteiger partial charge in [0.05, 0.1) is 11.2 Å². The van der Waals surface area contributed by atoms with E-state index in [-0.39, 0.29) is 0 Å². The molecule has 1 aromatic carbocycles. The summed E-state index contributed by atoms with van der Waals surface area (Å²) in [5, 5.41) is 22.6. The molecule has 4 heteroatoms. The molecule has 0 heterocycles. The van der Waals surface area contributed by atoms with Crippen LogP contribution in [-0.4, -0.2) is 28.3 Å². The van der Waals surface area contributed by atoms with Gasteiger partial charge >= 0.3 is 5.97 Å². The molecule has 0 aliphatic heterocycles. The van der Waals surface area contributed by atoms with Crippen LogP contribution in [0, 0.1) is 5.92 Å². The Labute approximate surface area is 119 Å². The van der Waals surface area contributed by atoms with Crippen LogP contribution < -0.4 is 5.32 Å². The maximum absolute atomic E-state index is 10.9. The Hall–Kier alpha value is -1.39. The minimum atomic E-state index is -0.910. The first kappa shape index (κ1) is 15.0. The van der Waals surface area contributed by atoms with Crippen LogP contribution in [0.1, 0.15) is 48.5 Å². The molecule has 2 rings (SSSR count). The molecule has 3 N–H and O–H groups in total. The molecule has 110 valence electrons. The molecule has 1 aromatic rings. The van der Waals surface area contributed by atoms with E-state index < -0.39 is 11.6 Å². The van der Waals surface area contributed by atoms with Crippen LogP contribution in [0.4, 0.5) is 0 Å². The van der Waals surface area contributed by atoms with Gasteiger partial charge in [-0.15, -0.1) is 0 Å². The predicted octanol–water partition coefficient (Wildman–Crippen LogP) is 2.42. The van der Waals surface area contributed by atoms with E-state index in [1.807, 2.05) is 6.07 Å². The molecule has 0 radical (unpaired) electrons. The molecule has 1 fully saturated rings. The van der Waals surface area contributed by atoms with Crippen LogP contribution in [0.15, 0.2) is 24.3 Å². The highest BCUT2D eigenvalue weighted by molar-refractivity contribution is 5.87. The minimum absolute atomic E-state index is 0.300. The van der Waals surface area contributed by atoms with Gasteiger partial charge < -0.3 is 15.5 Å². The third-order valence-corrected chi connectivity index (χ3v) is 4.16. The summed E-state index contributed by atoms with van der Waals surface area (Å²) in [7, 11) is 0. The van der Waals surface area contributed by atoms with E-state index in [0.29, 0.717) is 24.6 Å². The lowest BCUT2D eigenvalue weighted by Crippen LogP contribution is -2.43. The van der Waals surface area contributed by atoms with Gasteiger partial charge in [0.1, 0.15) is 0 Å². The maximum atomic E-state index is 10.9. The van der Waals surface area contributed by atoms with E-state index in [0.717, 1.165) is 31.2 Å². The minimum Gasteiger partial charge on any atom is -0.478 e. The van der Waals surface area contributed by atoms with Crippen molar-refractivity contribution in [1.82, 2.24) is 5.32 Å². The van der Waals surface area contributed by atoms with Crippen molar-refractivity contribution in [1.29, 1.82) is 0 Å². The second-order valence-corrected chi connectivity index (χ2v) is 6.02. The highest BCUT2D eigenvalue weighted by Crippen LogP contribution is 2.31. The summed E-state index contributed by atoms with van der Waals surface area (Å²) < 4.78 is 0. The fraction of sp³-hybridized carbons (Fsp3) is 0.562. The van der Waals surface area contributed by atoms with E-state index in [9.17, 15) is 9.90 Å². The number of nitrogens with one attached hydrogen (secondary N) is 1. The van der Waals surface area contributed by atoms with Crippen molar-refractivity contribution in [3.8, 4) is 0 Å². The third-order valence-electron chi connectivity index (χ3n) is 4.16. The van der Waals surface area contributed by atoms with Crippen LogP contribution >= 0.6 is 0 Å². The molecule has 0 saturated heterocycles. The number of aliphatic hydroxyl groups is 1. The smallest absolute Gasteiger partial charge is 0.335 e. The number of carboxylic acids is 1. The van der Waals surface area contributed by atoms with Gasteiger partial charge in [0, 0.05) is 13.1 Å². The summed E-state index contributed by atoms with van der Waals surface area (Å²) in [5.74, 6) is -0.200. The highest BCUT2D eigenvalue weighted by atomic mass is 16.4. The molecule has 20 heavy (non-hydrogen) atoms. The average Bonchev–Trinajstić information content (AvgIpc) is 2.43. The molecular weight excluding hydrogens is 254 g/mol. The first-order valence-electron chi connectivity index (χ1n) is 7.24. The number of carboxylic acid groups (broad SMARTS) is 1. The van der Waals surface area contributed by atoms with Crippen molar-refractivity contribution >= 4 is 5.97 Å². The van der Waals surface area contributed by atoms with Gasteiger partial charge in [-0.1, -0.05) is 19.1 Å². The van der Waals surface area contributed by atoms with Crippen LogP contribution in [0.25, 0.3) is 0 Å². The molecule has 1 saturated carbocycles. The number of benzene rings is 1. The van der Waals surface area contributed by atoms with Crippen LogP contribution in [0.2, 0.25) is 0 Å². The van der Waals surface area contributed by atoms with Crippen molar-refractivity contribution in [2.24, 2.45) is 5.92 Å². The Bertz CT molecular complexity index is 465. The second-order valence-electron chi connectivity index (χ2n) is 6.02. The lowest BCUT2D eigenvalue weighted by molar-refractivity contribution is -0.00631. The lowest BCUT2D eigenvalue weighted by atomic mass is 9.79. The molecule has 1 aliphatic carbocycles. The normalized spacial score (nSPS) is 26.4. The van der Waals surface area contributed by atoms with Gasteiger partial charge in [-0.3, -0.25) is 0 Å². The zero-order chi connectivity index (χ0) is 14.6. The number of aromatic carboxylic acids is 1. The Morgan fingerprint density at radius 2 is 2.10 bits per heavy atom. The summed E-state index contributed by atoms with van der Waals surface area (Å²) in [6.45, 7) is 3.38. The molecule has 0 spiro atoms. The SMILES string of the molecule is CC1CCC(O)(CNCc2cccc(C(=O)O)c2)CC1. The number of carbonyl (C=O) groups is 1. The van der Waals surface area contributed by atoms with Crippen molar-refractivity contribution in [2.45, 2.75) is 44.8 Å². The zero-order valence-electron chi connectivity index (χ0n) is 11.9. The van der Waals surface area contributed by atoms with E-state index in [1.54, 1.807) is 18.2 Å². The lowest BCUT2D eigenvalue weighted by Gasteiger charge is -2.35. The van der Waals surface area contributed by atoms with Gasteiger partial charge in [-0.25, -0.2) is 4.79 Å². The molecule has 4 nitrogen and oxygen atoms in total. The molecule has 0 bridgehead atoms. The Morgan fingerprint density at radius 3 is 2.75 bits per heavy atom. The van der Waals surface area contributed by atoms with Crippen molar-refractivity contribution in [2.75, 3.05) is 6.54 Å². The van der Waals surface area contributed by atoms with E-state index in [4.69, 9.17) is 5.11 Å². The van der Waals surface area contributed by atoms with Crippen molar-refractivity contribution in [3.05, 3.63) is 35.4 Å². The third kappa shape index (κ3) is 4.05. The number of hydrogen-bond acceptors (Lipinski definition) is 3. The van der Waals surface area contributed by atoms with E-state index in [2.05, 4.69) is 12.2 Å². The first-order valence-corrected chi connectivity index (χ1v) is 7.24. The molecular formula is C16H23NO3. The summed E-state index contributed by atoms with van der Waals surface area (Å²) in [5.41, 5.74) is 0.629. The standard InChI is InChI=1S/C16H23NO3/c1-12-5-7-16(20,8-6-12)11-17-10-13-3-2-4-14(9-13)15(18)19/h2-4,9,12,17,20H,5-8,10-11H2,1H3,(H,18,19).